The number of nitrogens with zero attached hydrogens (tertiary/aromatic N) is 3. The first-order chi connectivity index (χ1) is 9.13. The summed E-state index contributed by atoms with van der Waals surface area (Å²) in [7, 11) is 0. The summed E-state index contributed by atoms with van der Waals surface area (Å²) in [6.45, 7) is 1.56. The molecule has 7 heteroatoms. The zero-order valence-electron chi connectivity index (χ0n) is 10.3. The summed E-state index contributed by atoms with van der Waals surface area (Å²) in [4.78, 5) is 8.46. The van der Waals surface area contributed by atoms with Crippen LogP contribution in [-0.4, -0.2) is 54.8 Å². The summed E-state index contributed by atoms with van der Waals surface area (Å²) in [5, 5.41) is 28.9. The third kappa shape index (κ3) is 1.82. The Balaban J connectivity index is 2.04. The number of imidazole rings is 1. The number of aromatic nitrogens is 3. The Bertz CT molecular complexity index is 600. The highest BCUT2D eigenvalue weighted by Gasteiger charge is 2.43. The summed E-state index contributed by atoms with van der Waals surface area (Å²) in [5.41, 5.74) is 2.27. The Kier molecular flexibility index (Phi) is 2.98. The molecule has 0 radical (unpaired) electrons. The molecule has 4 atom stereocenters. The fourth-order valence-electron chi connectivity index (χ4n) is 2.36. The molecule has 0 spiro atoms. The Morgan fingerprint density at radius 1 is 1.32 bits per heavy atom. The number of ether oxygens (including phenoxy) is 1. The van der Waals surface area contributed by atoms with Gasteiger partial charge in [0.25, 0.3) is 0 Å². The lowest BCUT2D eigenvalue weighted by atomic mass is 10.1. The van der Waals surface area contributed by atoms with E-state index in [0.717, 1.165) is 11.1 Å². The van der Waals surface area contributed by atoms with Gasteiger partial charge < -0.3 is 20.1 Å². The van der Waals surface area contributed by atoms with Crippen LogP contribution in [0, 0.1) is 6.92 Å². The van der Waals surface area contributed by atoms with Crippen molar-refractivity contribution >= 4 is 11.2 Å². The van der Waals surface area contributed by atoms with Crippen LogP contribution >= 0.6 is 0 Å². The molecule has 2 aromatic heterocycles. The first kappa shape index (κ1) is 12.5. The maximum absolute atomic E-state index is 10.00. The van der Waals surface area contributed by atoms with Gasteiger partial charge in [-0.05, 0) is 18.6 Å². The summed E-state index contributed by atoms with van der Waals surface area (Å²) in [6, 6.07) is 1.84. The summed E-state index contributed by atoms with van der Waals surface area (Å²) in [5.74, 6) is 0. The second-order valence-corrected chi connectivity index (χ2v) is 4.68. The van der Waals surface area contributed by atoms with Crippen LogP contribution in [0.25, 0.3) is 11.2 Å². The molecule has 0 saturated carbocycles. The van der Waals surface area contributed by atoms with Gasteiger partial charge >= 0.3 is 0 Å². The molecule has 0 aliphatic carbocycles. The first-order valence-electron chi connectivity index (χ1n) is 6.04. The Hall–Kier alpha value is -1.54. The molecule has 19 heavy (non-hydrogen) atoms. The number of fused-ring (bicyclic) bond motifs is 1. The van der Waals surface area contributed by atoms with Gasteiger partial charge in [0.05, 0.1) is 12.9 Å². The maximum Gasteiger partial charge on any atom is 0.165 e. The minimum atomic E-state index is -1.13. The lowest BCUT2D eigenvalue weighted by molar-refractivity contribution is -0.0511. The van der Waals surface area contributed by atoms with Gasteiger partial charge in [-0.1, -0.05) is 0 Å². The molecular weight excluding hydrogens is 250 g/mol. The number of aryl methyl sites for hydroxylation is 1. The number of aliphatic hydroxyl groups is 3. The van der Waals surface area contributed by atoms with Gasteiger partial charge in [0.1, 0.15) is 23.8 Å². The van der Waals surface area contributed by atoms with E-state index in [9.17, 15) is 10.2 Å². The van der Waals surface area contributed by atoms with Crippen LogP contribution in [0.1, 0.15) is 11.8 Å². The average Bonchev–Trinajstić information content (AvgIpc) is 2.94. The number of hydrogen-bond acceptors (Lipinski definition) is 6. The van der Waals surface area contributed by atoms with Crippen molar-refractivity contribution in [1.82, 2.24) is 14.5 Å². The van der Waals surface area contributed by atoms with E-state index in [0.29, 0.717) is 5.65 Å². The third-order valence-electron chi connectivity index (χ3n) is 3.45. The largest absolute Gasteiger partial charge is 0.394 e. The van der Waals surface area contributed by atoms with Crippen LogP contribution in [-0.2, 0) is 4.74 Å². The van der Waals surface area contributed by atoms with Gasteiger partial charge in [0.2, 0.25) is 0 Å². The molecule has 0 aromatic carbocycles. The fraction of sp³-hybridized carbons (Fsp3) is 0.500. The van der Waals surface area contributed by atoms with Gasteiger partial charge in [-0.25, -0.2) is 9.97 Å². The fourth-order valence-corrected chi connectivity index (χ4v) is 2.36. The van der Waals surface area contributed by atoms with Crippen molar-refractivity contribution in [2.45, 2.75) is 31.5 Å². The van der Waals surface area contributed by atoms with Gasteiger partial charge in [-0.15, -0.1) is 0 Å². The van der Waals surface area contributed by atoms with E-state index < -0.39 is 24.5 Å². The van der Waals surface area contributed by atoms with Crippen LogP contribution < -0.4 is 0 Å². The molecule has 1 aliphatic heterocycles. The molecular formula is C12H15N3O4. The molecule has 7 nitrogen and oxygen atoms in total. The second kappa shape index (κ2) is 4.53. The maximum atomic E-state index is 10.00. The quantitative estimate of drug-likeness (QED) is 0.667. The number of aliphatic hydroxyl groups excluding tert-OH is 3. The van der Waals surface area contributed by atoms with Crippen LogP contribution in [0.4, 0.5) is 0 Å². The number of pyridine rings is 1. The molecule has 3 heterocycles. The zero-order chi connectivity index (χ0) is 13.6. The smallest absolute Gasteiger partial charge is 0.165 e. The van der Waals surface area contributed by atoms with E-state index in [1.165, 1.54) is 6.33 Å². The minimum Gasteiger partial charge on any atom is -0.394 e. The van der Waals surface area contributed by atoms with Gasteiger partial charge in [0.15, 0.2) is 11.9 Å². The monoisotopic (exact) mass is 265 g/mol. The van der Waals surface area contributed by atoms with Crippen molar-refractivity contribution in [1.29, 1.82) is 0 Å². The molecule has 1 saturated heterocycles. The Morgan fingerprint density at radius 2 is 2.11 bits per heavy atom. The second-order valence-electron chi connectivity index (χ2n) is 4.68. The van der Waals surface area contributed by atoms with Crippen LogP contribution in [0.5, 0.6) is 0 Å². The van der Waals surface area contributed by atoms with Crippen molar-refractivity contribution in [3.63, 3.8) is 0 Å². The lowest BCUT2D eigenvalue weighted by Crippen LogP contribution is -2.33. The van der Waals surface area contributed by atoms with Crippen molar-refractivity contribution in [2.24, 2.45) is 0 Å². The minimum absolute atomic E-state index is 0.353. The highest BCUT2D eigenvalue weighted by atomic mass is 16.6. The van der Waals surface area contributed by atoms with Gasteiger partial charge in [0, 0.05) is 6.20 Å². The molecule has 1 fully saturated rings. The topological polar surface area (TPSA) is 101 Å². The van der Waals surface area contributed by atoms with Gasteiger partial charge in [-0.2, -0.15) is 0 Å². The van der Waals surface area contributed by atoms with Crippen molar-refractivity contribution < 1.29 is 20.1 Å². The molecule has 1 aliphatic rings. The van der Waals surface area contributed by atoms with E-state index >= 15 is 0 Å². The standard InChI is InChI=1S/C12H15N3O4/c1-6-2-3-13-11-8(6)14-5-15(11)12-10(18)9(17)7(4-16)19-12/h2-3,5,7,9-10,12,16-18H,4H2,1H3/t7-,9-,10-,12-/m1/s1. The van der Waals surface area contributed by atoms with E-state index in [1.54, 1.807) is 10.8 Å². The average molecular weight is 265 g/mol. The van der Waals surface area contributed by atoms with Crippen molar-refractivity contribution in [3.05, 3.63) is 24.2 Å². The Morgan fingerprint density at radius 3 is 2.79 bits per heavy atom. The molecule has 0 amide bonds. The Labute approximate surface area is 109 Å². The van der Waals surface area contributed by atoms with Crippen molar-refractivity contribution in [2.75, 3.05) is 6.61 Å². The molecule has 0 bridgehead atoms. The number of rotatable bonds is 2. The predicted molar refractivity (Wildman–Crippen MR) is 65.3 cm³/mol. The summed E-state index contributed by atoms with van der Waals surface area (Å²) >= 11 is 0. The molecule has 3 N–H and O–H groups in total. The van der Waals surface area contributed by atoms with Crippen LogP contribution in [0.15, 0.2) is 18.6 Å². The predicted octanol–water partition coefficient (Wildman–Crippen LogP) is -0.649. The highest BCUT2D eigenvalue weighted by molar-refractivity contribution is 5.74. The lowest BCUT2D eigenvalue weighted by Gasteiger charge is -2.16. The van der Waals surface area contributed by atoms with E-state index in [2.05, 4.69) is 9.97 Å². The third-order valence-corrected chi connectivity index (χ3v) is 3.45. The summed E-state index contributed by atoms with van der Waals surface area (Å²) in [6.07, 6.45) is -0.690. The molecule has 102 valence electrons. The first-order valence-corrected chi connectivity index (χ1v) is 6.04. The van der Waals surface area contributed by atoms with Crippen LogP contribution in [0.3, 0.4) is 0 Å². The van der Waals surface area contributed by atoms with Gasteiger partial charge in [-0.3, -0.25) is 4.57 Å². The summed E-state index contributed by atoms with van der Waals surface area (Å²) < 4.78 is 7.04. The zero-order valence-corrected chi connectivity index (χ0v) is 10.3. The van der Waals surface area contributed by atoms with Crippen LogP contribution in [0.2, 0.25) is 0 Å². The normalized spacial score (nSPS) is 31.2. The highest BCUT2D eigenvalue weighted by Crippen LogP contribution is 2.31. The molecule has 2 aromatic rings. The number of hydrogen-bond donors (Lipinski definition) is 3. The SMILES string of the molecule is Cc1ccnc2c1ncn2[C@@H]1O[C@H](CO)[C@@H](O)[C@H]1O. The van der Waals surface area contributed by atoms with E-state index in [1.807, 2.05) is 13.0 Å². The molecule has 3 rings (SSSR count). The van der Waals surface area contributed by atoms with E-state index in [4.69, 9.17) is 9.84 Å². The molecule has 0 unspecified atom stereocenters. The van der Waals surface area contributed by atoms with Crippen molar-refractivity contribution in [3.8, 4) is 0 Å². The van der Waals surface area contributed by atoms with E-state index in [-0.39, 0.29) is 6.61 Å².